The summed E-state index contributed by atoms with van der Waals surface area (Å²) in [7, 11) is 0. The molecule has 1 saturated heterocycles. The van der Waals surface area contributed by atoms with Crippen LogP contribution < -0.4 is 5.32 Å². The number of hydrogen-bond acceptors (Lipinski definition) is 9. The van der Waals surface area contributed by atoms with Crippen molar-refractivity contribution >= 4 is 11.8 Å². The second kappa shape index (κ2) is 17.3. The van der Waals surface area contributed by atoms with Crippen LogP contribution in [0.3, 0.4) is 0 Å². The number of ether oxygens (including phenoxy) is 3. The first-order valence-corrected chi connectivity index (χ1v) is 17.5. The zero-order chi connectivity index (χ0) is 32.2. The van der Waals surface area contributed by atoms with Gasteiger partial charge >= 0.3 is 0 Å². The molecule has 14 heteroatoms. The first-order chi connectivity index (χ1) is 22.6. The van der Waals surface area contributed by atoms with Gasteiger partial charge in [0, 0.05) is 66.9 Å². The number of morpholine rings is 1. The van der Waals surface area contributed by atoms with Crippen LogP contribution in [0, 0.1) is 11.8 Å². The first-order valence-electron chi connectivity index (χ1n) is 17.5. The lowest BCUT2D eigenvalue weighted by atomic mass is 9.72. The van der Waals surface area contributed by atoms with Gasteiger partial charge in [0.1, 0.15) is 0 Å². The third-order valence-electron chi connectivity index (χ3n) is 10.5. The van der Waals surface area contributed by atoms with Crippen LogP contribution in [-0.4, -0.2) is 98.2 Å². The molecule has 5 aliphatic rings. The molecule has 0 aromatic carbocycles. The molecule has 4 atom stereocenters. The van der Waals surface area contributed by atoms with E-state index < -0.39 is 11.6 Å². The molecule has 46 heavy (non-hydrogen) atoms. The molecule has 3 fully saturated rings. The number of amides is 1. The van der Waals surface area contributed by atoms with Crippen LogP contribution in [0.2, 0.25) is 0 Å². The maximum Gasteiger partial charge on any atom is 0.252 e. The van der Waals surface area contributed by atoms with Crippen LogP contribution in [0.5, 0.6) is 0 Å². The van der Waals surface area contributed by atoms with Crippen LogP contribution in [0.15, 0.2) is 26.5 Å². The molecule has 2 aliphatic heterocycles. The number of aliphatic hydroxyl groups is 1. The van der Waals surface area contributed by atoms with E-state index in [0.29, 0.717) is 70.2 Å². The van der Waals surface area contributed by atoms with E-state index in [1.165, 1.54) is 0 Å². The average molecular weight is 642 g/mol. The highest BCUT2D eigenvalue weighted by Gasteiger charge is 2.56. The van der Waals surface area contributed by atoms with E-state index in [9.17, 15) is 15.9 Å². The fourth-order valence-electron chi connectivity index (χ4n) is 7.97. The summed E-state index contributed by atoms with van der Waals surface area (Å²) in [5.74, 6) is 0.461. The van der Waals surface area contributed by atoms with Gasteiger partial charge in [-0.3, -0.25) is 9.69 Å². The number of allylic oxidation sites excluding steroid dienone is 1. The molecule has 2 N–H and O–H groups in total. The van der Waals surface area contributed by atoms with Gasteiger partial charge in [0.05, 0.1) is 19.3 Å². The molecule has 0 spiro atoms. The van der Waals surface area contributed by atoms with E-state index in [0.717, 1.165) is 82.9 Å². The normalized spacial score (nSPS) is 32.1. The molecule has 2 unspecified atom stereocenters. The van der Waals surface area contributed by atoms with Crippen molar-refractivity contribution < 1.29 is 24.1 Å². The zero-order valence-corrected chi connectivity index (χ0v) is 27.1. The first kappa shape index (κ1) is 34.5. The van der Waals surface area contributed by atoms with Crippen molar-refractivity contribution in [2.75, 3.05) is 52.6 Å². The minimum Gasteiger partial charge on any atom is -0.470 e. The summed E-state index contributed by atoms with van der Waals surface area (Å²) in [4.78, 5) is 28.6. The van der Waals surface area contributed by atoms with E-state index in [4.69, 9.17) is 24.3 Å². The van der Waals surface area contributed by atoms with Crippen LogP contribution in [0.1, 0.15) is 89.9 Å². The van der Waals surface area contributed by atoms with Crippen LogP contribution in [0.25, 0.3) is 20.9 Å². The number of nitrogens with zero attached hydrogens (tertiary/aromatic N) is 8. The Morgan fingerprint density at radius 1 is 1.07 bits per heavy atom. The molecular formula is C32H51N9O5. The Labute approximate surface area is 271 Å². The van der Waals surface area contributed by atoms with E-state index >= 15 is 0 Å². The Hall–Kier alpha value is -2.86. The van der Waals surface area contributed by atoms with E-state index in [1.54, 1.807) is 0 Å². The van der Waals surface area contributed by atoms with Crippen LogP contribution in [-0.2, 0) is 19.0 Å². The number of hydrogen-bond donors (Lipinski definition) is 2. The fraction of sp³-hybridized carbons (Fsp3) is 0.875. The lowest BCUT2D eigenvalue weighted by Gasteiger charge is -2.39. The quantitative estimate of drug-likeness (QED) is 0.112. The predicted octanol–water partition coefficient (Wildman–Crippen LogP) is 5.33. The summed E-state index contributed by atoms with van der Waals surface area (Å²) in [6.45, 7) is 4.89. The van der Waals surface area contributed by atoms with Gasteiger partial charge in [-0.1, -0.05) is 23.1 Å². The Balaban J connectivity index is 1.47. The average Bonchev–Trinajstić information content (AvgIpc) is 3.47. The lowest BCUT2D eigenvalue weighted by molar-refractivity contribution is -0.129. The highest BCUT2D eigenvalue weighted by molar-refractivity contribution is 5.94. The molecule has 0 aromatic rings. The summed E-state index contributed by atoms with van der Waals surface area (Å²) < 4.78 is 18.4. The van der Waals surface area contributed by atoms with Crippen molar-refractivity contribution in [1.29, 1.82) is 0 Å². The molecule has 0 radical (unpaired) electrons. The molecule has 3 aliphatic carbocycles. The molecule has 2 saturated carbocycles. The largest absolute Gasteiger partial charge is 0.470 e. The number of rotatable bonds is 14. The topological polar surface area (TPSA) is 190 Å². The van der Waals surface area contributed by atoms with Crippen LogP contribution in [0.4, 0.5) is 0 Å². The molecule has 254 valence electrons. The molecule has 0 aromatic heterocycles. The number of carbonyl (C=O) groups excluding carboxylic acids is 1. The predicted molar refractivity (Wildman–Crippen MR) is 173 cm³/mol. The molecule has 1 amide bonds. The molecule has 14 nitrogen and oxygen atoms in total. The second-order valence-corrected chi connectivity index (χ2v) is 13.4. The van der Waals surface area contributed by atoms with Crippen molar-refractivity contribution in [2.24, 2.45) is 27.1 Å². The van der Waals surface area contributed by atoms with Crippen molar-refractivity contribution in [3.8, 4) is 0 Å². The number of nitrogens with one attached hydrogen (secondary N) is 1. The summed E-state index contributed by atoms with van der Waals surface area (Å²) in [5.41, 5.74) is 19.1. The number of azide groups is 2. The highest BCUT2D eigenvalue weighted by atomic mass is 16.5. The lowest BCUT2D eigenvalue weighted by Crippen LogP contribution is -2.56. The Kier molecular flexibility index (Phi) is 13.0. The standard InChI is InChI=1S/C32H51N9O5/c33-39-37-27-8-3-1-6-24(27)22-32(31(43)35-14-15-41-16-20-44-21-17-41)29(26-7-2-4-9-28(26)38-40-34)46-30(36-32)23-10-12-25(13-11-23)45-19-5-18-42/h23-25,27,29,42H,1-22H2,(H,35,43)/t23?,24?,25?,27?,29-,32-/m0/s1. The summed E-state index contributed by atoms with van der Waals surface area (Å²) in [6.07, 6.45) is 10.7. The van der Waals surface area contributed by atoms with Crippen molar-refractivity contribution in [3.63, 3.8) is 0 Å². The van der Waals surface area contributed by atoms with Gasteiger partial charge in [-0.25, -0.2) is 4.99 Å². The van der Waals surface area contributed by atoms with E-state index in [2.05, 4.69) is 30.3 Å². The maximum atomic E-state index is 14.7. The van der Waals surface area contributed by atoms with Gasteiger partial charge in [-0.05, 0) is 99.6 Å². The summed E-state index contributed by atoms with van der Waals surface area (Å²) in [5, 5.41) is 20.7. The van der Waals surface area contributed by atoms with E-state index in [1.807, 2.05) is 0 Å². The molecular weight excluding hydrogens is 590 g/mol. The minimum absolute atomic E-state index is 0.0217. The Morgan fingerprint density at radius 3 is 2.61 bits per heavy atom. The second-order valence-electron chi connectivity index (χ2n) is 13.4. The maximum absolute atomic E-state index is 14.7. The smallest absolute Gasteiger partial charge is 0.252 e. The Morgan fingerprint density at radius 2 is 1.85 bits per heavy atom. The fourth-order valence-corrected chi connectivity index (χ4v) is 7.97. The van der Waals surface area contributed by atoms with Crippen molar-refractivity contribution in [3.05, 3.63) is 32.2 Å². The zero-order valence-electron chi connectivity index (χ0n) is 27.1. The molecule has 0 bridgehead atoms. The van der Waals surface area contributed by atoms with Gasteiger partial charge in [0.15, 0.2) is 17.5 Å². The summed E-state index contributed by atoms with van der Waals surface area (Å²) in [6, 6.07) is -0.208. The summed E-state index contributed by atoms with van der Waals surface area (Å²) >= 11 is 0. The van der Waals surface area contributed by atoms with Gasteiger partial charge in [-0.15, -0.1) is 0 Å². The SMILES string of the molecule is [N-]=[N+]=NC1=C([C@@H]2OC(C3CCC(OCCCO)CC3)=N[C@]2(CC2CCCCC2N=[N+]=[N-])C(=O)NCCN2CCOCC2)CCCC1. The molecule has 2 heterocycles. The molecule has 5 rings (SSSR count). The van der Waals surface area contributed by atoms with Crippen LogP contribution >= 0.6 is 0 Å². The number of carbonyl (C=O) groups is 1. The number of aliphatic imine (C=N–C) groups is 1. The highest BCUT2D eigenvalue weighted by Crippen LogP contribution is 2.46. The van der Waals surface area contributed by atoms with Crippen molar-refractivity contribution in [2.45, 2.75) is 114 Å². The third-order valence-corrected chi connectivity index (χ3v) is 10.5. The van der Waals surface area contributed by atoms with Gasteiger partial charge in [-0.2, -0.15) is 0 Å². The third kappa shape index (κ3) is 8.53. The Bertz CT molecular complexity index is 1190. The van der Waals surface area contributed by atoms with Gasteiger partial charge in [0.2, 0.25) is 0 Å². The van der Waals surface area contributed by atoms with Gasteiger partial charge in [0.25, 0.3) is 5.91 Å². The number of aliphatic hydroxyl groups excluding tert-OH is 1. The van der Waals surface area contributed by atoms with Crippen molar-refractivity contribution in [1.82, 2.24) is 10.2 Å². The van der Waals surface area contributed by atoms with E-state index in [-0.39, 0.29) is 36.5 Å². The monoisotopic (exact) mass is 641 g/mol. The van der Waals surface area contributed by atoms with Gasteiger partial charge < -0.3 is 24.6 Å². The minimum atomic E-state index is -1.26.